The lowest BCUT2D eigenvalue weighted by Gasteiger charge is -2.27. The van der Waals surface area contributed by atoms with Gasteiger partial charge in [0.15, 0.2) is 5.11 Å². The van der Waals surface area contributed by atoms with Gasteiger partial charge in [0.05, 0.1) is 5.02 Å². The van der Waals surface area contributed by atoms with Crippen LogP contribution in [0, 0.1) is 6.92 Å². The van der Waals surface area contributed by atoms with Gasteiger partial charge in [0.25, 0.3) is 5.91 Å². The number of carbonyl (C=O) groups excluding carboxylic acids is 1. The number of halogens is 4. The molecule has 26 heavy (non-hydrogen) atoms. The fourth-order valence-electron chi connectivity index (χ4n) is 1.93. The first kappa shape index (κ1) is 21.0. The first-order valence-electron chi connectivity index (χ1n) is 7.28. The molecule has 5 nitrogen and oxygen atoms in total. The number of aromatic nitrogens is 1. The number of thiocarbonyl (C=S) groups is 1. The zero-order valence-electron chi connectivity index (χ0n) is 13.4. The van der Waals surface area contributed by atoms with Crippen molar-refractivity contribution < 1.29 is 4.79 Å². The van der Waals surface area contributed by atoms with E-state index in [1.807, 2.05) is 13.0 Å². The second-order valence-corrected chi connectivity index (χ2v) is 8.49. The molecule has 0 saturated heterocycles. The average Bonchev–Trinajstić information content (AvgIpc) is 2.55. The third-order valence-corrected chi connectivity index (χ3v) is 4.23. The van der Waals surface area contributed by atoms with Gasteiger partial charge in [0.2, 0.25) is 3.79 Å². The molecule has 1 aromatic carbocycles. The molecule has 0 bridgehead atoms. The van der Waals surface area contributed by atoms with E-state index in [1.54, 1.807) is 30.3 Å². The van der Waals surface area contributed by atoms with Crippen LogP contribution in [0.5, 0.6) is 0 Å². The fraction of sp³-hybridized carbons (Fsp3) is 0.188. The zero-order valence-corrected chi connectivity index (χ0v) is 17.2. The topological polar surface area (TPSA) is 66.1 Å². The summed E-state index contributed by atoms with van der Waals surface area (Å²) in [5.41, 5.74) is 1.37. The molecule has 2 rings (SSSR count). The molecule has 0 saturated carbocycles. The van der Waals surface area contributed by atoms with E-state index in [0.29, 0.717) is 16.4 Å². The number of pyridine rings is 1. The largest absolute Gasteiger partial charge is 0.339 e. The maximum Gasteiger partial charge on any atom is 0.252 e. The fourth-order valence-corrected chi connectivity index (χ4v) is 2.60. The van der Waals surface area contributed by atoms with Gasteiger partial charge in [-0.2, -0.15) is 0 Å². The summed E-state index contributed by atoms with van der Waals surface area (Å²) < 4.78 is -1.85. The Morgan fingerprint density at radius 1 is 1.19 bits per heavy atom. The number of hydrogen-bond donors (Lipinski definition) is 3. The molecular weight excluding hydrogens is 438 g/mol. The Morgan fingerprint density at radius 2 is 1.92 bits per heavy atom. The summed E-state index contributed by atoms with van der Waals surface area (Å²) in [7, 11) is 0. The Labute approximate surface area is 176 Å². The van der Waals surface area contributed by atoms with Gasteiger partial charge in [-0.15, -0.1) is 0 Å². The first-order valence-corrected chi connectivity index (χ1v) is 9.20. The maximum absolute atomic E-state index is 12.4. The van der Waals surface area contributed by atoms with Gasteiger partial charge < -0.3 is 16.0 Å². The van der Waals surface area contributed by atoms with E-state index in [2.05, 4.69) is 20.9 Å². The normalized spacial score (nSPS) is 12.2. The molecule has 2 aromatic rings. The molecule has 1 heterocycles. The summed E-state index contributed by atoms with van der Waals surface area (Å²) in [4.78, 5) is 16.5. The van der Waals surface area contributed by atoms with E-state index in [4.69, 9.17) is 58.6 Å². The number of nitrogens with zero attached hydrogens (tertiary/aromatic N) is 1. The van der Waals surface area contributed by atoms with Crippen molar-refractivity contribution in [2.45, 2.75) is 16.9 Å². The predicted octanol–water partition coefficient (Wildman–Crippen LogP) is 4.46. The number of aryl methyl sites for hydroxylation is 1. The van der Waals surface area contributed by atoms with Crippen LogP contribution in [0.3, 0.4) is 0 Å². The van der Waals surface area contributed by atoms with Crippen LogP contribution < -0.4 is 16.0 Å². The minimum Gasteiger partial charge on any atom is -0.339 e. The van der Waals surface area contributed by atoms with Gasteiger partial charge >= 0.3 is 0 Å². The number of anilines is 1. The summed E-state index contributed by atoms with van der Waals surface area (Å²) in [6.45, 7) is 1.87. The lowest BCUT2D eigenvalue weighted by Crippen LogP contribution is -2.56. The number of carbonyl (C=O) groups is 1. The highest BCUT2D eigenvalue weighted by Crippen LogP contribution is 2.29. The molecule has 0 aliphatic carbocycles. The van der Waals surface area contributed by atoms with Crippen molar-refractivity contribution >= 4 is 75.5 Å². The van der Waals surface area contributed by atoms with E-state index in [0.717, 1.165) is 5.56 Å². The molecule has 1 atom stereocenters. The molecule has 0 fully saturated rings. The molecular formula is C16H14Cl4N4OS. The number of amides is 1. The second-order valence-electron chi connectivity index (χ2n) is 5.28. The van der Waals surface area contributed by atoms with E-state index in [9.17, 15) is 4.79 Å². The lowest BCUT2D eigenvalue weighted by molar-refractivity contribution is 0.0934. The third kappa shape index (κ3) is 6.45. The van der Waals surface area contributed by atoms with Crippen molar-refractivity contribution in [3.8, 4) is 0 Å². The quantitative estimate of drug-likeness (QED) is 0.364. The highest BCUT2D eigenvalue weighted by atomic mass is 35.6. The Balaban J connectivity index is 2.06. The molecule has 1 aromatic heterocycles. The maximum atomic E-state index is 12.4. The molecule has 0 spiro atoms. The highest BCUT2D eigenvalue weighted by Gasteiger charge is 2.35. The van der Waals surface area contributed by atoms with Crippen molar-refractivity contribution in [2.24, 2.45) is 0 Å². The van der Waals surface area contributed by atoms with E-state index >= 15 is 0 Å². The summed E-state index contributed by atoms with van der Waals surface area (Å²) in [5, 5.41) is 8.78. The Kier molecular flexibility index (Phi) is 7.32. The molecule has 0 unspecified atom stereocenters. The van der Waals surface area contributed by atoms with Crippen LogP contribution in [-0.2, 0) is 0 Å². The number of benzene rings is 1. The first-order chi connectivity index (χ1) is 12.1. The zero-order chi connectivity index (χ0) is 19.3. The van der Waals surface area contributed by atoms with Crippen molar-refractivity contribution in [2.75, 3.05) is 5.32 Å². The van der Waals surface area contributed by atoms with Crippen LogP contribution in [0.4, 0.5) is 5.82 Å². The molecule has 0 radical (unpaired) electrons. The van der Waals surface area contributed by atoms with E-state index < -0.39 is 15.9 Å². The third-order valence-electron chi connectivity index (χ3n) is 3.13. The second kappa shape index (κ2) is 9.06. The minimum absolute atomic E-state index is 0.112. The van der Waals surface area contributed by atoms with Crippen molar-refractivity contribution in [1.29, 1.82) is 0 Å². The van der Waals surface area contributed by atoms with Crippen LogP contribution in [0.2, 0.25) is 5.02 Å². The standard InChI is InChI=1S/C16H14Cl4N4OS/c1-9-3-2-4-10(7-9)13(25)23-14(16(18,19)20)24-15(26)22-12-6-5-11(17)8-21-12/h2-8,14H,1H3,(H,23,25)(H2,21,22,24,26)/t14-/m0/s1. The van der Waals surface area contributed by atoms with Crippen LogP contribution >= 0.6 is 58.6 Å². The van der Waals surface area contributed by atoms with Gasteiger partial charge in [-0.3, -0.25) is 4.79 Å². The predicted molar refractivity (Wildman–Crippen MR) is 111 cm³/mol. The molecule has 10 heteroatoms. The van der Waals surface area contributed by atoms with Crippen LogP contribution in [-0.4, -0.2) is 26.0 Å². The smallest absolute Gasteiger partial charge is 0.252 e. The molecule has 138 valence electrons. The van der Waals surface area contributed by atoms with Gasteiger partial charge in [0.1, 0.15) is 12.0 Å². The molecule has 0 aliphatic heterocycles. The van der Waals surface area contributed by atoms with Gasteiger partial charge in [-0.25, -0.2) is 4.98 Å². The number of hydrogen-bond acceptors (Lipinski definition) is 3. The van der Waals surface area contributed by atoms with E-state index in [-0.39, 0.29) is 5.11 Å². The lowest BCUT2D eigenvalue weighted by atomic mass is 10.1. The molecule has 0 aliphatic rings. The van der Waals surface area contributed by atoms with Crippen molar-refractivity contribution in [1.82, 2.24) is 15.6 Å². The van der Waals surface area contributed by atoms with Crippen molar-refractivity contribution in [3.05, 3.63) is 58.7 Å². The SMILES string of the molecule is Cc1cccc(C(=O)N[C@@H](NC(=S)Nc2ccc(Cl)cn2)C(Cl)(Cl)Cl)c1. The summed E-state index contributed by atoms with van der Waals surface area (Å²) >= 11 is 28.9. The Bertz CT molecular complexity index is 796. The van der Waals surface area contributed by atoms with Gasteiger partial charge in [-0.1, -0.05) is 64.1 Å². The van der Waals surface area contributed by atoms with Crippen LogP contribution in [0.1, 0.15) is 15.9 Å². The molecule has 3 N–H and O–H groups in total. The Hall–Kier alpha value is -1.31. The molecule has 1 amide bonds. The number of rotatable bonds is 4. The van der Waals surface area contributed by atoms with Crippen LogP contribution in [0.15, 0.2) is 42.6 Å². The highest BCUT2D eigenvalue weighted by molar-refractivity contribution is 7.80. The van der Waals surface area contributed by atoms with Gasteiger partial charge in [0, 0.05) is 11.8 Å². The number of alkyl halides is 3. The van der Waals surface area contributed by atoms with Crippen molar-refractivity contribution in [3.63, 3.8) is 0 Å². The summed E-state index contributed by atoms with van der Waals surface area (Å²) in [6.07, 6.45) is 0.381. The average molecular weight is 452 g/mol. The summed E-state index contributed by atoms with van der Waals surface area (Å²) in [6, 6.07) is 10.3. The van der Waals surface area contributed by atoms with Gasteiger partial charge in [-0.05, 0) is 43.4 Å². The minimum atomic E-state index is -1.85. The van der Waals surface area contributed by atoms with E-state index in [1.165, 1.54) is 6.20 Å². The Morgan fingerprint density at radius 3 is 2.50 bits per heavy atom. The van der Waals surface area contributed by atoms with Crippen LogP contribution in [0.25, 0.3) is 0 Å². The summed E-state index contributed by atoms with van der Waals surface area (Å²) in [5.74, 6) is 0.0323. The number of nitrogens with one attached hydrogen (secondary N) is 3. The monoisotopic (exact) mass is 450 g/mol.